The summed E-state index contributed by atoms with van der Waals surface area (Å²) in [6.45, 7) is 2.37. The van der Waals surface area contributed by atoms with Gasteiger partial charge in [-0.2, -0.15) is 0 Å². The number of fused-ring (bicyclic) bond motifs is 4. The van der Waals surface area contributed by atoms with Gasteiger partial charge in [-0.15, -0.1) is 0 Å². The van der Waals surface area contributed by atoms with Crippen molar-refractivity contribution in [3.8, 4) is 11.1 Å². The number of carbonyl (C=O) groups is 3. The molecule has 6 rings (SSSR count). The SMILES string of the molecule is C[C@H]1CCC[C@H](NC(=O)c2ccc(CN)c(C3CC3)c2)c2cc(ccn2)-c2ccc(NC(=O)OC3CCCC3)cc2NC1=O. The molecule has 0 radical (unpaired) electrons. The molecule has 230 valence electrons. The number of pyridine rings is 1. The summed E-state index contributed by atoms with van der Waals surface area (Å²) in [6, 6.07) is 14.8. The molecule has 1 aliphatic heterocycles. The number of carbonyl (C=O) groups excluding carboxylic acids is 3. The van der Waals surface area contributed by atoms with Gasteiger partial charge in [0.1, 0.15) is 6.10 Å². The highest BCUT2D eigenvalue weighted by Gasteiger charge is 2.28. The van der Waals surface area contributed by atoms with Crippen LogP contribution in [0.25, 0.3) is 11.1 Å². The Morgan fingerprint density at radius 3 is 2.57 bits per heavy atom. The van der Waals surface area contributed by atoms with Crippen LogP contribution in [0.1, 0.15) is 104 Å². The van der Waals surface area contributed by atoms with Gasteiger partial charge in [-0.25, -0.2) is 4.79 Å². The lowest BCUT2D eigenvalue weighted by molar-refractivity contribution is -0.119. The van der Waals surface area contributed by atoms with Crippen LogP contribution in [0.15, 0.2) is 54.7 Å². The molecule has 3 amide bonds. The highest BCUT2D eigenvalue weighted by Crippen LogP contribution is 2.42. The van der Waals surface area contributed by atoms with E-state index in [4.69, 9.17) is 10.5 Å². The molecular weight excluding hydrogens is 554 g/mol. The molecule has 44 heavy (non-hydrogen) atoms. The van der Waals surface area contributed by atoms with Gasteiger partial charge in [0.05, 0.1) is 17.4 Å². The maximum atomic E-state index is 13.5. The second-order valence-corrected chi connectivity index (χ2v) is 12.4. The van der Waals surface area contributed by atoms with Gasteiger partial charge in [0.25, 0.3) is 5.91 Å². The summed E-state index contributed by atoms with van der Waals surface area (Å²) in [5.41, 5.74) is 12.4. The van der Waals surface area contributed by atoms with E-state index in [9.17, 15) is 14.4 Å². The van der Waals surface area contributed by atoms with Crippen molar-refractivity contribution in [2.75, 3.05) is 10.6 Å². The maximum Gasteiger partial charge on any atom is 0.411 e. The summed E-state index contributed by atoms with van der Waals surface area (Å²) in [5.74, 6) is -0.00716. The van der Waals surface area contributed by atoms with Crippen molar-refractivity contribution in [2.45, 2.75) is 89.3 Å². The molecule has 9 nitrogen and oxygen atoms in total. The Labute approximate surface area is 258 Å². The van der Waals surface area contributed by atoms with Crippen molar-refractivity contribution in [2.24, 2.45) is 11.7 Å². The number of nitrogens with zero attached hydrogens (tertiary/aromatic N) is 1. The minimum atomic E-state index is -0.489. The second kappa shape index (κ2) is 13.2. The number of nitrogens with one attached hydrogen (secondary N) is 3. The number of ether oxygens (including phenoxy) is 1. The van der Waals surface area contributed by atoms with Gasteiger partial charge in [0, 0.05) is 35.5 Å². The molecule has 2 saturated carbocycles. The lowest BCUT2D eigenvalue weighted by Crippen LogP contribution is -2.30. The Balaban J connectivity index is 1.27. The Morgan fingerprint density at radius 1 is 0.977 bits per heavy atom. The number of hydrogen-bond donors (Lipinski definition) is 4. The van der Waals surface area contributed by atoms with Crippen molar-refractivity contribution >= 4 is 29.3 Å². The zero-order valence-electron chi connectivity index (χ0n) is 25.2. The van der Waals surface area contributed by atoms with Crippen LogP contribution in [0.5, 0.6) is 0 Å². The van der Waals surface area contributed by atoms with E-state index in [0.29, 0.717) is 42.2 Å². The number of nitrogens with two attached hydrogens (primary N) is 1. The van der Waals surface area contributed by atoms with E-state index in [1.165, 1.54) is 5.56 Å². The smallest absolute Gasteiger partial charge is 0.411 e. The molecule has 9 heteroatoms. The van der Waals surface area contributed by atoms with Crippen LogP contribution in [-0.2, 0) is 16.1 Å². The Hall–Kier alpha value is -4.24. The normalized spacial score (nSPS) is 20.5. The standard InChI is InChI=1S/C35H41N5O4/c1-21-5-4-8-30(39-34(42)24-11-12-25(20-36)29(17-24)22-9-10-22)32-18-23(15-16-37-32)28-14-13-26(19-31(28)40-33(21)41)38-35(43)44-27-6-2-3-7-27/h11-19,21-22,27,30H,2-10,20,36H2,1H3,(H,38,43)(H,39,42)(H,40,41)/t21-,30-/m0/s1. The molecule has 0 spiro atoms. The van der Waals surface area contributed by atoms with Crippen LogP contribution < -0.4 is 21.7 Å². The molecule has 2 fully saturated rings. The zero-order valence-corrected chi connectivity index (χ0v) is 25.2. The zero-order chi connectivity index (χ0) is 30.6. The van der Waals surface area contributed by atoms with E-state index in [1.807, 2.05) is 43.3 Å². The first kappa shape index (κ1) is 29.8. The predicted octanol–water partition coefficient (Wildman–Crippen LogP) is 6.81. The second-order valence-electron chi connectivity index (χ2n) is 12.4. The van der Waals surface area contributed by atoms with Crippen LogP contribution in [-0.4, -0.2) is 29.0 Å². The fourth-order valence-electron chi connectivity index (χ4n) is 6.34. The number of anilines is 2. The van der Waals surface area contributed by atoms with Crippen LogP contribution in [0.2, 0.25) is 0 Å². The molecule has 2 aliphatic carbocycles. The van der Waals surface area contributed by atoms with Gasteiger partial charge >= 0.3 is 6.09 Å². The monoisotopic (exact) mass is 595 g/mol. The summed E-state index contributed by atoms with van der Waals surface area (Å²) in [5, 5.41) is 9.15. The first-order valence-corrected chi connectivity index (χ1v) is 15.9. The molecule has 3 aromatic rings. The van der Waals surface area contributed by atoms with Crippen molar-refractivity contribution in [3.05, 3.63) is 77.1 Å². The van der Waals surface area contributed by atoms with Crippen molar-refractivity contribution in [3.63, 3.8) is 0 Å². The van der Waals surface area contributed by atoms with Crippen LogP contribution in [0.4, 0.5) is 16.2 Å². The Kier molecular flexibility index (Phi) is 8.93. The first-order chi connectivity index (χ1) is 21.4. The summed E-state index contributed by atoms with van der Waals surface area (Å²) in [7, 11) is 0. The fourth-order valence-corrected chi connectivity index (χ4v) is 6.34. The summed E-state index contributed by atoms with van der Waals surface area (Å²) >= 11 is 0. The molecule has 2 heterocycles. The molecule has 0 saturated heterocycles. The number of amides is 3. The quantitative estimate of drug-likeness (QED) is 0.247. The molecule has 3 aliphatic rings. The predicted molar refractivity (Wildman–Crippen MR) is 170 cm³/mol. The van der Waals surface area contributed by atoms with Crippen molar-refractivity contribution in [1.82, 2.24) is 10.3 Å². The van der Waals surface area contributed by atoms with Gasteiger partial charge in [0.15, 0.2) is 0 Å². The minimum Gasteiger partial charge on any atom is -0.446 e. The first-order valence-electron chi connectivity index (χ1n) is 15.9. The number of rotatable bonds is 6. The van der Waals surface area contributed by atoms with E-state index in [0.717, 1.165) is 67.3 Å². The molecular formula is C35H41N5O4. The molecule has 2 aromatic carbocycles. The van der Waals surface area contributed by atoms with E-state index >= 15 is 0 Å². The fraction of sp³-hybridized carbons (Fsp3) is 0.429. The van der Waals surface area contributed by atoms with E-state index < -0.39 is 6.09 Å². The highest BCUT2D eigenvalue weighted by atomic mass is 16.6. The third-order valence-electron chi connectivity index (χ3n) is 9.08. The van der Waals surface area contributed by atoms with E-state index in [2.05, 4.69) is 20.9 Å². The van der Waals surface area contributed by atoms with Crippen LogP contribution in [0.3, 0.4) is 0 Å². The summed E-state index contributed by atoms with van der Waals surface area (Å²) in [4.78, 5) is 44.0. The largest absolute Gasteiger partial charge is 0.446 e. The Bertz CT molecular complexity index is 1550. The molecule has 2 atom stereocenters. The third-order valence-corrected chi connectivity index (χ3v) is 9.08. The average Bonchev–Trinajstić information content (AvgIpc) is 3.75. The number of aromatic nitrogens is 1. The maximum absolute atomic E-state index is 13.5. The van der Waals surface area contributed by atoms with Gasteiger partial charge < -0.3 is 21.1 Å². The topological polar surface area (TPSA) is 135 Å². The van der Waals surface area contributed by atoms with E-state index in [1.54, 1.807) is 18.3 Å². The van der Waals surface area contributed by atoms with Gasteiger partial charge in [0.2, 0.25) is 5.91 Å². The molecule has 5 N–H and O–H groups in total. The van der Waals surface area contributed by atoms with Gasteiger partial charge in [-0.3, -0.25) is 19.9 Å². The Morgan fingerprint density at radius 2 is 1.80 bits per heavy atom. The lowest BCUT2D eigenvalue weighted by atomic mass is 9.95. The van der Waals surface area contributed by atoms with Crippen molar-refractivity contribution in [1.29, 1.82) is 0 Å². The molecule has 1 aromatic heterocycles. The lowest BCUT2D eigenvalue weighted by Gasteiger charge is -2.23. The van der Waals surface area contributed by atoms with E-state index in [-0.39, 0.29) is 29.9 Å². The van der Waals surface area contributed by atoms with Crippen LogP contribution in [0, 0.1) is 5.92 Å². The average molecular weight is 596 g/mol. The van der Waals surface area contributed by atoms with Crippen LogP contribution >= 0.6 is 0 Å². The summed E-state index contributed by atoms with van der Waals surface area (Å²) < 4.78 is 5.57. The minimum absolute atomic E-state index is 0.0472. The van der Waals surface area contributed by atoms with Gasteiger partial charge in [-0.1, -0.05) is 25.5 Å². The summed E-state index contributed by atoms with van der Waals surface area (Å²) in [6.07, 6.45) is 9.41. The molecule has 0 unspecified atom stereocenters. The number of hydrogen-bond acceptors (Lipinski definition) is 6. The third kappa shape index (κ3) is 6.94. The number of benzene rings is 2. The highest BCUT2D eigenvalue weighted by molar-refractivity contribution is 5.98. The molecule has 2 bridgehead atoms. The van der Waals surface area contributed by atoms with Gasteiger partial charge in [-0.05, 0) is 110 Å². The van der Waals surface area contributed by atoms with Crippen molar-refractivity contribution < 1.29 is 19.1 Å².